The van der Waals surface area contributed by atoms with Gasteiger partial charge in [-0.05, 0) is 56.5 Å². The van der Waals surface area contributed by atoms with Gasteiger partial charge in [0.15, 0.2) is 0 Å². The van der Waals surface area contributed by atoms with Crippen LogP contribution >= 0.6 is 15.9 Å². The van der Waals surface area contributed by atoms with Gasteiger partial charge in [0.1, 0.15) is 5.75 Å². The molecule has 1 fully saturated rings. The highest BCUT2D eigenvalue weighted by Crippen LogP contribution is 2.29. The molecule has 3 nitrogen and oxygen atoms in total. The molecule has 18 heavy (non-hydrogen) atoms. The summed E-state index contributed by atoms with van der Waals surface area (Å²) in [6.45, 7) is 4.99. The molecule has 1 saturated heterocycles. The Balaban J connectivity index is 2.02. The number of phenols is 1. The van der Waals surface area contributed by atoms with Crippen LogP contribution in [0.1, 0.15) is 24.0 Å². The molecule has 0 spiro atoms. The summed E-state index contributed by atoms with van der Waals surface area (Å²) in [5.41, 5.74) is 1.88. The van der Waals surface area contributed by atoms with Crippen molar-refractivity contribution in [2.75, 3.05) is 19.7 Å². The molecule has 1 aromatic rings. The third-order valence-electron chi connectivity index (χ3n) is 3.70. The van der Waals surface area contributed by atoms with Crippen molar-refractivity contribution < 1.29 is 10.2 Å². The number of aryl methyl sites for hydroxylation is 1. The maximum absolute atomic E-state index is 10.1. The standard InChI is InChI=1S/C14H20BrNO2/c1-10-6-13(15)7-12(14(10)18)8-16-4-2-11(9-17)3-5-16/h6-7,11,17-18H,2-5,8-9H2,1H3. The third kappa shape index (κ3) is 3.25. The minimum Gasteiger partial charge on any atom is -0.507 e. The van der Waals surface area contributed by atoms with Crippen LogP contribution in [-0.4, -0.2) is 34.8 Å². The molecule has 2 rings (SSSR count). The van der Waals surface area contributed by atoms with E-state index in [-0.39, 0.29) is 0 Å². The minimum absolute atomic E-state index is 0.301. The second kappa shape index (κ2) is 6.04. The Labute approximate surface area is 117 Å². The van der Waals surface area contributed by atoms with Crippen molar-refractivity contribution in [1.29, 1.82) is 0 Å². The average Bonchev–Trinajstić information content (AvgIpc) is 2.36. The average molecular weight is 314 g/mol. The summed E-state index contributed by atoms with van der Waals surface area (Å²) < 4.78 is 1.01. The largest absolute Gasteiger partial charge is 0.507 e. The number of benzene rings is 1. The first-order chi connectivity index (χ1) is 8.60. The quantitative estimate of drug-likeness (QED) is 0.901. The smallest absolute Gasteiger partial charge is 0.123 e. The van der Waals surface area contributed by atoms with E-state index in [1.807, 2.05) is 19.1 Å². The Bertz CT molecular complexity index is 415. The monoisotopic (exact) mass is 313 g/mol. The van der Waals surface area contributed by atoms with Crippen LogP contribution in [0.5, 0.6) is 5.75 Å². The number of aliphatic hydroxyl groups excluding tert-OH is 1. The molecule has 0 unspecified atom stereocenters. The van der Waals surface area contributed by atoms with Crippen LogP contribution in [0.4, 0.5) is 0 Å². The zero-order valence-electron chi connectivity index (χ0n) is 10.7. The molecule has 0 aromatic heterocycles. The lowest BCUT2D eigenvalue weighted by Crippen LogP contribution is -2.34. The zero-order chi connectivity index (χ0) is 13.1. The molecule has 100 valence electrons. The normalized spacial score (nSPS) is 18.2. The number of nitrogens with zero attached hydrogens (tertiary/aromatic N) is 1. The summed E-state index contributed by atoms with van der Waals surface area (Å²) in [4.78, 5) is 2.34. The fraction of sp³-hybridized carbons (Fsp3) is 0.571. The number of hydrogen-bond donors (Lipinski definition) is 2. The van der Waals surface area contributed by atoms with Crippen LogP contribution < -0.4 is 0 Å². The molecule has 1 aliphatic rings. The molecular formula is C14H20BrNO2. The predicted octanol–water partition coefficient (Wildman–Crippen LogP) is 2.67. The van der Waals surface area contributed by atoms with Crippen LogP contribution in [0, 0.1) is 12.8 Å². The van der Waals surface area contributed by atoms with E-state index in [1.165, 1.54) is 0 Å². The van der Waals surface area contributed by atoms with Gasteiger partial charge in [0.2, 0.25) is 0 Å². The Kier molecular flexibility index (Phi) is 4.65. The lowest BCUT2D eigenvalue weighted by atomic mass is 9.97. The molecule has 4 heteroatoms. The van der Waals surface area contributed by atoms with Gasteiger partial charge in [0.05, 0.1) is 0 Å². The lowest BCUT2D eigenvalue weighted by molar-refractivity contribution is 0.127. The number of hydrogen-bond acceptors (Lipinski definition) is 3. The van der Waals surface area contributed by atoms with Gasteiger partial charge in [-0.3, -0.25) is 4.90 Å². The Morgan fingerprint density at radius 3 is 2.61 bits per heavy atom. The number of likely N-dealkylation sites (tertiary alicyclic amines) is 1. The Morgan fingerprint density at radius 2 is 2.00 bits per heavy atom. The second-order valence-corrected chi connectivity index (χ2v) is 6.05. The number of halogens is 1. The van der Waals surface area contributed by atoms with Crippen molar-refractivity contribution in [2.45, 2.75) is 26.3 Å². The van der Waals surface area contributed by atoms with Crippen molar-refractivity contribution in [2.24, 2.45) is 5.92 Å². The highest BCUT2D eigenvalue weighted by Gasteiger charge is 2.19. The van der Waals surface area contributed by atoms with E-state index in [0.29, 0.717) is 18.3 Å². The van der Waals surface area contributed by atoms with E-state index in [4.69, 9.17) is 5.11 Å². The molecule has 1 aromatic carbocycles. The fourth-order valence-corrected chi connectivity index (χ4v) is 3.11. The van der Waals surface area contributed by atoms with Gasteiger partial charge in [-0.25, -0.2) is 0 Å². The van der Waals surface area contributed by atoms with Crippen molar-refractivity contribution in [3.05, 3.63) is 27.7 Å². The molecule has 2 N–H and O–H groups in total. The van der Waals surface area contributed by atoms with Gasteiger partial charge in [-0.2, -0.15) is 0 Å². The van der Waals surface area contributed by atoms with E-state index in [1.54, 1.807) is 0 Å². The van der Waals surface area contributed by atoms with Gasteiger partial charge < -0.3 is 10.2 Å². The van der Waals surface area contributed by atoms with E-state index < -0.39 is 0 Å². The first kappa shape index (κ1) is 13.8. The highest BCUT2D eigenvalue weighted by atomic mass is 79.9. The number of piperidine rings is 1. The second-order valence-electron chi connectivity index (χ2n) is 5.13. The number of rotatable bonds is 3. The third-order valence-corrected chi connectivity index (χ3v) is 4.16. The summed E-state index contributed by atoms with van der Waals surface area (Å²) in [7, 11) is 0. The van der Waals surface area contributed by atoms with E-state index >= 15 is 0 Å². The summed E-state index contributed by atoms with van der Waals surface area (Å²) >= 11 is 3.47. The van der Waals surface area contributed by atoms with E-state index in [9.17, 15) is 5.11 Å². The SMILES string of the molecule is Cc1cc(Br)cc(CN2CCC(CO)CC2)c1O. The van der Waals surface area contributed by atoms with Crippen LogP contribution in [0.3, 0.4) is 0 Å². The van der Waals surface area contributed by atoms with Gasteiger partial charge in [-0.15, -0.1) is 0 Å². The van der Waals surface area contributed by atoms with Gasteiger partial charge in [0, 0.05) is 23.2 Å². The molecule has 0 atom stereocenters. The van der Waals surface area contributed by atoms with Crippen LogP contribution in [0.15, 0.2) is 16.6 Å². The molecular weight excluding hydrogens is 294 g/mol. The lowest BCUT2D eigenvalue weighted by Gasteiger charge is -2.31. The number of aromatic hydroxyl groups is 1. The molecule has 1 aliphatic heterocycles. The molecule has 0 radical (unpaired) electrons. The molecule has 0 saturated carbocycles. The van der Waals surface area contributed by atoms with Gasteiger partial charge in [-0.1, -0.05) is 15.9 Å². The first-order valence-electron chi connectivity index (χ1n) is 6.41. The minimum atomic E-state index is 0.301. The van der Waals surface area contributed by atoms with Gasteiger partial charge >= 0.3 is 0 Å². The van der Waals surface area contributed by atoms with E-state index in [2.05, 4.69) is 20.8 Å². The van der Waals surface area contributed by atoms with Gasteiger partial charge in [0.25, 0.3) is 0 Å². The Hall–Kier alpha value is -0.580. The van der Waals surface area contributed by atoms with Crippen molar-refractivity contribution in [3.63, 3.8) is 0 Å². The highest BCUT2D eigenvalue weighted by molar-refractivity contribution is 9.10. The fourth-order valence-electron chi connectivity index (χ4n) is 2.49. The summed E-state index contributed by atoms with van der Waals surface area (Å²) in [6, 6.07) is 3.91. The maximum atomic E-state index is 10.1. The summed E-state index contributed by atoms with van der Waals surface area (Å²) in [5, 5.41) is 19.2. The molecule has 1 heterocycles. The summed E-state index contributed by atoms with van der Waals surface area (Å²) in [6.07, 6.45) is 2.09. The van der Waals surface area contributed by atoms with Crippen LogP contribution in [0.25, 0.3) is 0 Å². The topological polar surface area (TPSA) is 43.7 Å². The van der Waals surface area contributed by atoms with Crippen molar-refractivity contribution in [1.82, 2.24) is 4.90 Å². The maximum Gasteiger partial charge on any atom is 0.123 e. The molecule has 0 bridgehead atoms. The summed E-state index contributed by atoms with van der Waals surface area (Å²) in [5.74, 6) is 0.863. The number of aliphatic hydroxyl groups is 1. The van der Waals surface area contributed by atoms with Crippen molar-refractivity contribution in [3.8, 4) is 5.75 Å². The van der Waals surface area contributed by atoms with Crippen LogP contribution in [-0.2, 0) is 6.54 Å². The van der Waals surface area contributed by atoms with E-state index in [0.717, 1.165) is 48.1 Å². The molecule has 0 aliphatic carbocycles. The zero-order valence-corrected chi connectivity index (χ0v) is 12.3. The first-order valence-corrected chi connectivity index (χ1v) is 7.20. The predicted molar refractivity (Wildman–Crippen MR) is 75.6 cm³/mol. The molecule has 0 amide bonds. The Morgan fingerprint density at radius 1 is 1.33 bits per heavy atom. The van der Waals surface area contributed by atoms with Crippen molar-refractivity contribution >= 4 is 15.9 Å². The van der Waals surface area contributed by atoms with Crippen LogP contribution in [0.2, 0.25) is 0 Å². The number of phenolic OH excluding ortho intramolecular Hbond substituents is 1.